The molecule has 1 amide bonds. The highest BCUT2D eigenvalue weighted by atomic mass is 19.4. The molecular weight excluding hydrogens is 359 g/mol. The van der Waals surface area contributed by atoms with Gasteiger partial charge >= 0.3 is 6.18 Å². The number of carbonyl (C=O) groups is 1. The molecule has 2 rings (SSSR count). The van der Waals surface area contributed by atoms with Crippen LogP contribution in [-0.4, -0.2) is 40.4 Å². The third kappa shape index (κ3) is 6.11. The number of aromatic nitrogens is 2. The van der Waals surface area contributed by atoms with Crippen LogP contribution in [0.4, 0.5) is 24.9 Å². The fourth-order valence-electron chi connectivity index (χ4n) is 2.88. The molecule has 1 saturated heterocycles. The number of rotatable bonds is 9. The van der Waals surface area contributed by atoms with Crippen LogP contribution in [0.15, 0.2) is 18.0 Å². The van der Waals surface area contributed by atoms with Crippen LogP contribution < -0.4 is 10.6 Å². The molecule has 1 aliphatic heterocycles. The van der Waals surface area contributed by atoms with Crippen molar-refractivity contribution in [3.05, 3.63) is 23.5 Å². The van der Waals surface area contributed by atoms with Gasteiger partial charge in [0.2, 0.25) is 11.9 Å². The summed E-state index contributed by atoms with van der Waals surface area (Å²) in [6, 6.07) is 0. The van der Waals surface area contributed by atoms with Gasteiger partial charge in [-0.15, -0.1) is 0 Å². The zero-order valence-electron chi connectivity index (χ0n) is 15.7. The van der Waals surface area contributed by atoms with E-state index in [2.05, 4.69) is 20.6 Å². The van der Waals surface area contributed by atoms with E-state index in [1.165, 1.54) is 0 Å². The van der Waals surface area contributed by atoms with Gasteiger partial charge in [0.05, 0.1) is 0 Å². The first kappa shape index (κ1) is 21.0. The van der Waals surface area contributed by atoms with Crippen LogP contribution in [-0.2, 0) is 11.0 Å². The van der Waals surface area contributed by atoms with Crippen LogP contribution in [0.25, 0.3) is 0 Å². The van der Waals surface area contributed by atoms with Crippen LogP contribution in [0.5, 0.6) is 0 Å². The van der Waals surface area contributed by atoms with Crippen molar-refractivity contribution in [3.8, 4) is 0 Å². The minimum Gasteiger partial charge on any atom is -0.369 e. The Balaban J connectivity index is 2.05. The Morgan fingerprint density at radius 3 is 2.74 bits per heavy atom. The molecule has 0 saturated carbocycles. The maximum absolute atomic E-state index is 13.2. The Kier molecular flexibility index (Phi) is 7.44. The quantitative estimate of drug-likeness (QED) is 0.628. The molecule has 6 nitrogen and oxygen atoms in total. The van der Waals surface area contributed by atoms with Gasteiger partial charge in [-0.2, -0.15) is 18.2 Å². The first-order valence-electron chi connectivity index (χ1n) is 9.27. The van der Waals surface area contributed by atoms with Crippen molar-refractivity contribution in [2.24, 2.45) is 0 Å². The van der Waals surface area contributed by atoms with E-state index in [-0.39, 0.29) is 24.2 Å². The molecule has 27 heavy (non-hydrogen) atoms. The standard InChI is InChI=1S/C18H26F3N5O/c1-3-7-13(4-2)24-17-23-12-14(18(19,20)21)16(25-17)22-9-6-11-26-10-5-8-15(26)27/h7,12H,3-6,8-11H2,1-2H3,(H2,22,23,24,25)/b13-7+. The summed E-state index contributed by atoms with van der Waals surface area (Å²) in [6.45, 7) is 5.45. The van der Waals surface area contributed by atoms with Gasteiger partial charge in [-0.05, 0) is 25.7 Å². The topological polar surface area (TPSA) is 70.2 Å². The summed E-state index contributed by atoms with van der Waals surface area (Å²) in [7, 11) is 0. The van der Waals surface area contributed by atoms with Gasteiger partial charge < -0.3 is 15.5 Å². The number of hydrogen-bond acceptors (Lipinski definition) is 5. The smallest absolute Gasteiger partial charge is 0.369 e. The molecule has 1 aromatic heterocycles. The maximum Gasteiger partial charge on any atom is 0.421 e. The molecule has 0 radical (unpaired) electrons. The lowest BCUT2D eigenvalue weighted by Crippen LogP contribution is -2.27. The number of alkyl halides is 3. The third-order valence-electron chi connectivity index (χ3n) is 4.27. The second-order valence-electron chi connectivity index (χ2n) is 6.33. The third-order valence-corrected chi connectivity index (χ3v) is 4.27. The number of nitrogens with one attached hydrogen (secondary N) is 2. The summed E-state index contributed by atoms with van der Waals surface area (Å²) in [6.07, 6.45) is 1.64. The van der Waals surface area contributed by atoms with Gasteiger partial charge in [0.25, 0.3) is 0 Å². The summed E-state index contributed by atoms with van der Waals surface area (Å²) >= 11 is 0. The van der Waals surface area contributed by atoms with Gasteiger partial charge in [-0.3, -0.25) is 4.79 Å². The number of allylic oxidation sites excluding steroid dienone is 2. The number of likely N-dealkylation sites (tertiary alicyclic amines) is 1. The molecule has 0 spiro atoms. The number of hydrogen-bond donors (Lipinski definition) is 2. The number of amides is 1. The predicted octanol–water partition coefficient (Wildman–Crippen LogP) is 4.04. The van der Waals surface area contributed by atoms with Crippen molar-refractivity contribution >= 4 is 17.7 Å². The summed E-state index contributed by atoms with van der Waals surface area (Å²) in [4.78, 5) is 21.1. The van der Waals surface area contributed by atoms with Crippen LogP contribution in [0, 0.1) is 0 Å². The van der Waals surface area contributed by atoms with E-state index < -0.39 is 11.7 Å². The van der Waals surface area contributed by atoms with Crippen LogP contribution in [0.3, 0.4) is 0 Å². The Morgan fingerprint density at radius 2 is 2.15 bits per heavy atom. The molecule has 1 aromatic rings. The Morgan fingerprint density at radius 1 is 1.37 bits per heavy atom. The molecular formula is C18H26F3N5O. The summed E-state index contributed by atoms with van der Waals surface area (Å²) < 4.78 is 39.7. The minimum atomic E-state index is -4.54. The highest BCUT2D eigenvalue weighted by molar-refractivity contribution is 5.78. The SMILES string of the molecule is CC/C=C(\CC)Nc1ncc(C(F)(F)F)c(NCCCN2CCCC2=O)n1. The first-order chi connectivity index (χ1) is 12.8. The second kappa shape index (κ2) is 9.57. The Labute approximate surface area is 157 Å². The van der Waals surface area contributed by atoms with Crippen LogP contribution in [0.2, 0.25) is 0 Å². The first-order valence-corrected chi connectivity index (χ1v) is 9.27. The largest absolute Gasteiger partial charge is 0.421 e. The number of carbonyl (C=O) groups excluding carboxylic acids is 1. The monoisotopic (exact) mass is 385 g/mol. The summed E-state index contributed by atoms with van der Waals surface area (Å²) in [5.74, 6) is -0.0178. The molecule has 2 heterocycles. The molecule has 0 atom stereocenters. The van der Waals surface area contributed by atoms with Crippen LogP contribution >= 0.6 is 0 Å². The molecule has 1 fully saturated rings. The molecule has 0 bridgehead atoms. The average molecular weight is 385 g/mol. The molecule has 0 aliphatic carbocycles. The Bertz CT molecular complexity index is 675. The minimum absolute atomic E-state index is 0.106. The van der Waals surface area contributed by atoms with Gasteiger partial charge in [0.15, 0.2) is 0 Å². The lowest BCUT2D eigenvalue weighted by molar-refractivity contribution is -0.137. The van der Waals surface area contributed by atoms with Gasteiger partial charge in [0.1, 0.15) is 11.4 Å². The van der Waals surface area contributed by atoms with Crippen molar-refractivity contribution in [3.63, 3.8) is 0 Å². The number of halogens is 3. The van der Waals surface area contributed by atoms with E-state index in [4.69, 9.17) is 0 Å². The second-order valence-corrected chi connectivity index (χ2v) is 6.33. The summed E-state index contributed by atoms with van der Waals surface area (Å²) in [5, 5.41) is 5.72. The highest BCUT2D eigenvalue weighted by Crippen LogP contribution is 2.34. The number of nitrogens with zero attached hydrogens (tertiary/aromatic N) is 3. The van der Waals surface area contributed by atoms with Gasteiger partial charge in [-0.25, -0.2) is 4.98 Å². The zero-order chi connectivity index (χ0) is 19.9. The van der Waals surface area contributed by atoms with E-state index in [1.807, 2.05) is 19.9 Å². The maximum atomic E-state index is 13.2. The van der Waals surface area contributed by atoms with Crippen molar-refractivity contribution in [1.82, 2.24) is 14.9 Å². The molecule has 0 unspecified atom stereocenters. The van der Waals surface area contributed by atoms with E-state index >= 15 is 0 Å². The Hall–Kier alpha value is -2.32. The normalized spacial score (nSPS) is 15.4. The summed E-state index contributed by atoms with van der Waals surface area (Å²) in [5.41, 5.74) is -0.0430. The molecule has 150 valence electrons. The van der Waals surface area contributed by atoms with Crippen LogP contribution in [0.1, 0.15) is 51.5 Å². The molecule has 1 aliphatic rings. The molecule has 0 aromatic carbocycles. The van der Waals surface area contributed by atoms with Crippen molar-refractivity contribution in [2.75, 3.05) is 30.3 Å². The molecule has 9 heteroatoms. The zero-order valence-corrected chi connectivity index (χ0v) is 15.7. The van der Waals surface area contributed by atoms with E-state index in [1.54, 1.807) is 4.90 Å². The predicted molar refractivity (Wildman–Crippen MR) is 98.2 cm³/mol. The molecule has 2 N–H and O–H groups in total. The van der Waals surface area contributed by atoms with Crippen molar-refractivity contribution in [1.29, 1.82) is 0 Å². The fraction of sp³-hybridized carbons (Fsp3) is 0.611. The lowest BCUT2D eigenvalue weighted by Gasteiger charge is -2.17. The highest BCUT2D eigenvalue weighted by Gasteiger charge is 2.35. The van der Waals surface area contributed by atoms with E-state index in [0.29, 0.717) is 25.8 Å². The number of anilines is 2. The van der Waals surface area contributed by atoms with Crippen molar-refractivity contribution in [2.45, 2.75) is 52.1 Å². The average Bonchev–Trinajstić information content (AvgIpc) is 3.02. The fourth-order valence-corrected chi connectivity index (χ4v) is 2.88. The van der Waals surface area contributed by atoms with Gasteiger partial charge in [-0.1, -0.05) is 19.9 Å². The van der Waals surface area contributed by atoms with Crippen molar-refractivity contribution < 1.29 is 18.0 Å². The lowest BCUT2D eigenvalue weighted by atomic mass is 10.2. The van der Waals surface area contributed by atoms with E-state index in [0.717, 1.165) is 31.3 Å². The van der Waals surface area contributed by atoms with E-state index in [9.17, 15) is 18.0 Å². The van der Waals surface area contributed by atoms with Gasteiger partial charge in [0, 0.05) is 37.9 Å².